The number of benzene rings is 2. The van der Waals surface area contributed by atoms with Crippen LogP contribution in [0.3, 0.4) is 0 Å². The van der Waals surface area contributed by atoms with Crippen LogP contribution in [-0.4, -0.2) is 51.9 Å². The van der Waals surface area contributed by atoms with E-state index in [1.807, 2.05) is 68.4 Å². The number of fused-ring (bicyclic) bond motifs is 1. The number of aromatic nitrogens is 1. The normalized spacial score (nSPS) is 17.3. The Morgan fingerprint density at radius 3 is 2.45 bits per heavy atom. The molecule has 0 aliphatic carbocycles. The topological polar surface area (TPSA) is 71.8 Å². The lowest BCUT2D eigenvalue weighted by Crippen LogP contribution is -2.39. The molecule has 2 aromatic carbocycles. The van der Waals surface area contributed by atoms with E-state index in [2.05, 4.69) is 4.90 Å². The molecule has 2 fully saturated rings. The van der Waals surface area contributed by atoms with Crippen LogP contribution in [0.4, 0.5) is 5.69 Å². The first-order valence-corrected chi connectivity index (χ1v) is 15.0. The smallest absolute Gasteiger partial charge is 0.309 e. The molecule has 1 amide bonds. The number of thioether (sulfide) groups is 1. The first-order valence-electron chi connectivity index (χ1n) is 13.8. The maximum atomic E-state index is 14.0. The van der Waals surface area contributed by atoms with Crippen molar-refractivity contribution < 1.29 is 14.3 Å². The number of pyridine rings is 1. The lowest BCUT2D eigenvalue weighted by Gasteiger charge is -2.34. The largest absolute Gasteiger partial charge is 0.466 e. The van der Waals surface area contributed by atoms with Gasteiger partial charge in [-0.1, -0.05) is 72.5 Å². The fourth-order valence-electron chi connectivity index (χ4n) is 5.50. The number of aryl methyl sites for hydroxylation is 1. The average molecular weight is 576 g/mol. The van der Waals surface area contributed by atoms with Crippen LogP contribution in [0.1, 0.15) is 37.8 Å². The maximum Gasteiger partial charge on any atom is 0.309 e. The Morgan fingerprint density at radius 1 is 1.05 bits per heavy atom. The zero-order valence-corrected chi connectivity index (χ0v) is 24.4. The summed E-state index contributed by atoms with van der Waals surface area (Å²) < 4.78 is 7.51. The van der Waals surface area contributed by atoms with Crippen LogP contribution >= 0.6 is 24.0 Å². The number of piperidine rings is 1. The Bertz CT molecular complexity index is 1520. The summed E-state index contributed by atoms with van der Waals surface area (Å²) in [5, 5.41) is 0.948. The minimum atomic E-state index is -0.173. The van der Waals surface area contributed by atoms with Crippen molar-refractivity contribution in [3.8, 4) is 0 Å². The molecule has 1 aromatic heterocycles. The molecule has 9 heteroatoms. The molecule has 2 aliphatic heterocycles. The minimum Gasteiger partial charge on any atom is -0.466 e. The number of hydrogen-bond acceptors (Lipinski definition) is 7. The SMILES string of the molecule is CCOC(=O)C1CCN(c2c(C=C3SC(=S)N(CCc4ccccc4)C3=O)c(=O)n(CC)c3ccccc23)CC1. The molecule has 40 heavy (non-hydrogen) atoms. The van der Waals surface area contributed by atoms with Crippen molar-refractivity contribution in [3.63, 3.8) is 0 Å². The molecule has 7 nitrogen and oxygen atoms in total. The van der Waals surface area contributed by atoms with Gasteiger partial charge in [-0.15, -0.1) is 0 Å². The van der Waals surface area contributed by atoms with Crippen molar-refractivity contribution in [1.29, 1.82) is 0 Å². The lowest BCUT2D eigenvalue weighted by molar-refractivity contribution is -0.148. The number of ether oxygens (including phenoxy) is 1. The summed E-state index contributed by atoms with van der Waals surface area (Å²) in [6.45, 7) is 6.35. The Labute approximate surface area is 243 Å². The van der Waals surface area contributed by atoms with Gasteiger partial charge in [0.05, 0.1) is 34.2 Å². The molecular weight excluding hydrogens is 542 g/mol. The second-order valence-electron chi connectivity index (χ2n) is 9.91. The van der Waals surface area contributed by atoms with Crippen LogP contribution < -0.4 is 10.5 Å². The van der Waals surface area contributed by atoms with Gasteiger partial charge in [-0.3, -0.25) is 19.3 Å². The Balaban J connectivity index is 1.52. The quantitative estimate of drug-likeness (QED) is 0.207. The second kappa shape index (κ2) is 12.4. The summed E-state index contributed by atoms with van der Waals surface area (Å²) in [5.41, 5.74) is 3.14. The molecule has 2 saturated heterocycles. The molecule has 0 spiro atoms. The summed E-state index contributed by atoms with van der Waals surface area (Å²) in [6, 6.07) is 17.9. The van der Waals surface area contributed by atoms with Crippen molar-refractivity contribution in [2.24, 2.45) is 5.92 Å². The number of rotatable bonds is 8. The van der Waals surface area contributed by atoms with Gasteiger partial charge in [0.15, 0.2) is 0 Å². The van der Waals surface area contributed by atoms with Crippen LogP contribution in [-0.2, 0) is 27.3 Å². The number of nitrogens with zero attached hydrogens (tertiary/aromatic N) is 3. The van der Waals surface area contributed by atoms with Crippen molar-refractivity contribution in [1.82, 2.24) is 9.47 Å². The number of hydrogen-bond donors (Lipinski definition) is 0. The van der Waals surface area contributed by atoms with E-state index in [1.54, 1.807) is 15.5 Å². The van der Waals surface area contributed by atoms with Crippen molar-refractivity contribution in [2.45, 2.75) is 39.7 Å². The van der Waals surface area contributed by atoms with Crippen molar-refractivity contribution in [2.75, 3.05) is 31.1 Å². The summed E-state index contributed by atoms with van der Waals surface area (Å²) in [4.78, 5) is 44.1. The summed E-state index contributed by atoms with van der Waals surface area (Å²) in [6.07, 6.45) is 3.71. The third-order valence-corrected chi connectivity index (χ3v) is 8.92. The van der Waals surface area contributed by atoms with Crippen molar-refractivity contribution >= 4 is 62.8 Å². The fourth-order valence-corrected chi connectivity index (χ4v) is 6.79. The van der Waals surface area contributed by atoms with E-state index in [1.165, 1.54) is 11.8 Å². The average Bonchev–Trinajstić information content (AvgIpc) is 3.24. The Kier molecular flexibility index (Phi) is 8.71. The number of carbonyl (C=O) groups excluding carboxylic acids is 2. The highest BCUT2D eigenvalue weighted by Gasteiger charge is 2.34. The van der Waals surface area contributed by atoms with E-state index in [-0.39, 0.29) is 23.4 Å². The number of para-hydroxylation sites is 1. The molecule has 208 valence electrons. The van der Waals surface area contributed by atoms with Crippen molar-refractivity contribution in [3.05, 3.63) is 81.0 Å². The molecule has 0 unspecified atom stereocenters. The molecule has 0 radical (unpaired) electrons. The highest BCUT2D eigenvalue weighted by atomic mass is 32.2. The van der Waals surface area contributed by atoms with Gasteiger partial charge >= 0.3 is 5.97 Å². The van der Waals surface area contributed by atoms with Gasteiger partial charge in [0, 0.05) is 31.6 Å². The minimum absolute atomic E-state index is 0.140. The molecule has 5 rings (SSSR count). The Morgan fingerprint density at radius 2 is 1.75 bits per heavy atom. The zero-order valence-electron chi connectivity index (χ0n) is 22.8. The Hall–Kier alpha value is -3.43. The zero-order chi connectivity index (χ0) is 28.2. The first-order chi connectivity index (χ1) is 19.4. The van der Waals surface area contributed by atoms with Crippen LogP contribution in [0.5, 0.6) is 0 Å². The molecular formula is C31H33N3O4S2. The maximum absolute atomic E-state index is 14.0. The summed E-state index contributed by atoms with van der Waals surface area (Å²) in [7, 11) is 0. The van der Waals surface area contributed by atoms with Crippen LogP contribution in [0, 0.1) is 5.92 Å². The molecule has 3 aromatic rings. The van der Waals surface area contributed by atoms with Gasteiger partial charge in [-0.25, -0.2) is 0 Å². The van der Waals surface area contributed by atoms with E-state index in [0.29, 0.717) is 66.8 Å². The number of amides is 1. The second-order valence-corrected chi connectivity index (χ2v) is 11.6. The predicted octanol–water partition coefficient (Wildman–Crippen LogP) is 5.24. The van der Waals surface area contributed by atoms with Gasteiger partial charge in [0.25, 0.3) is 11.5 Å². The van der Waals surface area contributed by atoms with Gasteiger partial charge in [0.1, 0.15) is 4.32 Å². The van der Waals surface area contributed by atoms with Gasteiger partial charge in [0.2, 0.25) is 0 Å². The predicted molar refractivity (Wildman–Crippen MR) is 165 cm³/mol. The van der Waals surface area contributed by atoms with E-state index < -0.39 is 0 Å². The fraction of sp³-hybridized carbons (Fsp3) is 0.355. The third-order valence-electron chi connectivity index (χ3n) is 7.54. The highest BCUT2D eigenvalue weighted by molar-refractivity contribution is 8.26. The third kappa shape index (κ3) is 5.58. The molecule has 0 bridgehead atoms. The van der Waals surface area contributed by atoms with Crippen LogP contribution in [0.2, 0.25) is 0 Å². The number of anilines is 1. The number of thiocarbonyl (C=S) groups is 1. The van der Waals surface area contributed by atoms with Gasteiger partial charge in [-0.2, -0.15) is 0 Å². The molecule has 2 aliphatic rings. The van der Waals surface area contributed by atoms with Crippen LogP contribution in [0.25, 0.3) is 17.0 Å². The molecule has 0 atom stereocenters. The lowest BCUT2D eigenvalue weighted by atomic mass is 9.95. The van der Waals surface area contributed by atoms with Crippen LogP contribution in [0.15, 0.2) is 64.3 Å². The van der Waals surface area contributed by atoms with Gasteiger partial charge < -0.3 is 14.2 Å². The van der Waals surface area contributed by atoms with Gasteiger partial charge in [-0.05, 0) is 50.8 Å². The van der Waals surface area contributed by atoms with E-state index in [9.17, 15) is 14.4 Å². The number of carbonyl (C=O) groups is 2. The molecule has 3 heterocycles. The standard InChI is InChI=1S/C31H33N3O4S2/c1-3-33-25-13-9-8-12-23(25)27(32-17-15-22(16-18-32)30(37)38-4-2)24(28(33)35)20-26-29(36)34(31(39)40-26)19-14-21-10-6-5-7-11-21/h5-13,20,22H,3-4,14-19H2,1-2H3. The monoisotopic (exact) mass is 575 g/mol. The molecule has 0 N–H and O–H groups in total. The van der Waals surface area contributed by atoms with E-state index >= 15 is 0 Å². The van der Waals surface area contributed by atoms with E-state index in [0.717, 1.165) is 22.2 Å². The molecule has 0 saturated carbocycles. The summed E-state index contributed by atoms with van der Waals surface area (Å²) in [5.74, 6) is -0.482. The first kappa shape index (κ1) is 28.1. The summed E-state index contributed by atoms with van der Waals surface area (Å²) >= 11 is 6.84. The number of esters is 1. The van der Waals surface area contributed by atoms with E-state index in [4.69, 9.17) is 17.0 Å². The highest BCUT2D eigenvalue weighted by Crippen LogP contribution is 2.37.